The van der Waals surface area contributed by atoms with Crippen molar-refractivity contribution in [1.29, 1.82) is 0 Å². The van der Waals surface area contributed by atoms with Crippen molar-refractivity contribution in [3.8, 4) is 5.75 Å². The van der Waals surface area contributed by atoms with Gasteiger partial charge in [-0.3, -0.25) is 4.79 Å². The van der Waals surface area contributed by atoms with Crippen molar-refractivity contribution in [2.24, 2.45) is 0 Å². The molecule has 1 heterocycles. The van der Waals surface area contributed by atoms with Crippen LogP contribution < -0.4 is 10.1 Å². The first-order valence-corrected chi connectivity index (χ1v) is 11.4. The quantitative estimate of drug-likeness (QED) is 0.747. The fraction of sp³-hybridized carbons (Fsp3) is 0.409. The third kappa shape index (κ3) is 4.79. The predicted molar refractivity (Wildman–Crippen MR) is 113 cm³/mol. The predicted octanol–water partition coefficient (Wildman–Crippen LogP) is 3.67. The van der Waals surface area contributed by atoms with Gasteiger partial charge in [-0.15, -0.1) is 0 Å². The fourth-order valence-electron chi connectivity index (χ4n) is 3.46. The molecule has 3 rings (SSSR count). The highest BCUT2D eigenvalue weighted by Crippen LogP contribution is 2.24. The van der Waals surface area contributed by atoms with E-state index in [4.69, 9.17) is 4.74 Å². The first-order valence-electron chi connectivity index (χ1n) is 9.97. The molecule has 7 heteroatoms. The second kappa shape index (κ2) is 8.97. The van der Waals surface area contributed by atoms with Crippen LogP contribution in [0.5, 0.6) is 5.75 Å². The van der Waals surface area contributed by atoms with E-state index < -0.39 is 10.0 Å². The highest BCUT2D eigenvalue weighted by Gasteiger charge is 2.28. The first-order chi connectivity index (χ1) is 13.8. The van der Waals surface area contributed by atoms with Crippen molar-refractivity contribution in [2.75, 3.05) is 19.7 Å². The zero-order chi connectivity index (χ0) is 21.0. The van der Waals surface area contributed by atoms with Gasteiger partial charge in [-0.05, 0) is 69.0 Å². The summed E-state index contributed by atoms with van der Waals surface area (Å²) < 4.78 is 32.6. The summed E-state index contributed by atoms with van der Waals surface area (Å²) in [7, 11) is -3.56. The van der Waals surface area contributed by atoms with Crippen molar-refractivity contribution < 1.29 is 17.9 Å². The van der Waals surface area contributed by atoms with Crippen LogP contribution in [0.4, 0.5) is 0 Å². The molecule has 156 valence electrons. The largest absolute Gasteiger partial charge is 0.494 e. The molecule has 0 bridgehead atoms. The number of aryl methyl sites for hydroxylation is 1. The van der Waals surface area contributed by atoms with Crippen LogP contribution in [0, 0.1) is 6.92 Å². The standard InChI is InChI=1S/C22H28N2O4S/c1-4-28-19-10-8-18(9-11-19)17(3)23-22(25)21-15-20(12-7-16(21)2)29(26,27)24-13-5-6-14-24/h7-12,15,17H,4-6,13-14H2,1-3H3,(H,23,25)/t17-/m1/s1. The Kier molecular flexibility index (Phi) is 6.59. The molecular weight excluding hydrogens is 388 g/mol. The number of sulfonamides is 1. The maximum atomic E-state index is 12.9. The molecular formula is C22H28N2O4S. The summed E-state index contributed by atoms with van der Waals surface area (Å²) in [6.07, 6.45) is 1.75. The van der Waals surface area contributed by atoms with Gasteiger partial charge >= 0.3 is 0 Å². The topological polar surface area (TPSA) is 75.7 Å². The van der Waals surface area contributed by atoms with E-state index in [9.17, 15) is 13.2 Å². The van der Waals surface area contributed by atoms with Gasteiger partial charge in [0.25, 0.3) is 5.91 Å². The van der Waals surface area contributed by atoms with Gasteiger partial charge in [-0.1, -0.05) is 18.2 Å². The Bertz CT molecular complexity index is 965. The van der Waals surface area contributed by atoms with Crippen molar-refractivity contribution >= 4 is 15.9 Å². The van der Waals surface area contributed by atoms with Crippen LogP contribution in [-0.4, -0.2) is 38.3 Å². The zero-order valence-electron chi connectivity index (χ0n) is 17.1. The highest BCUT2D eigenvalue weighted by atomic mass is 32.2. The van der Waals surface area contributed by atoms with Gasteiger partial charge < -0.3 is 10.1 Å². The third-order valence-corrected chi connectivity index (χ3v) is 7.09. The molecule has 1 fully saturated rings. The number of carbonyl (C=O) groups is 1. The molecule has 0 aromatic heterocycles. The zero-order valence-corrected chi connectivity index (χ0v) is 18.0. The molecule has 1 aliphatic rings. The molecule has 2 aromatic rings. The number of hydrogen-bond donors (Lipinski definition) is 1. The van der Waals surface area contributed by atoms with Crippen molar-refractivity contribution in [2.45, 2.75) is 44.6 Å². The lowest BCUT2D eigenvalue weighted by molar-refractivity contribution is 0.0939. The monoisotopic (exact) mass is 416 g/mol. The smallest absolute Gasteiger partial charge is 0.252 e. The Balaban J connectivity index is 1.78. The fourth-order valence-corrected chi connectivity index (χ4v) is 5.00. The van der Waals surface area contributed by atoms with E-state index in [1.165, 1.54) is 10.4 Å². The summed E-state index contributed by atoms with van der Waals surface area (Å²) in [6, 6.07) is 12.1. The molecule has 29 heavy (non-hydrogen) atoms. The molecule has 1 amide bonds. The van der Waals surface area contributed by atoms with E-state index in [1.54, 1.807) is 12.1 Å². The van der Waals surface area contributed by atoms with Gasteiger partial charge in [-0.2, -0.15) is 4.31 Å². The van der Waals surface area contributed by atoms with Crippen molar-refractivity contribution in [3.05, 3.63) is 59.2 Å². The third-order valence-electron chi connectivity index (χ3n) is 5.20. The van der Waals surface area contributed by atoms with Gasteiger partial charge in [0.05, 0.1) is 17.5 Å². The molecule has 1 atom stereocenters. The average Bonchev–Trinajstić information content (AvgIpc) is 3.24. The second-order valence-electron chi connectivity index (χ2n) is 7.29. The molecule has 0 unspecified atom stereocenters. The molecule has 6 nitrogen and oxygen atoms in total. The Labute approximate surface area is 172 Å². The van der Waals surface area contributed by atoms with Gasteiger partial charge in [0.1, 0.15) is 5.75 Å². The molecule has 1 aliphatic heterocycles. The Morgan fingerprint density at radius 1 is 1.14 bits per heavy atom. The van der Waals surface area contributed by atoms with Crippen LogP contribution in [0.25, 0.3) is 0 Å². The number of hydrogen-bond acceptors (Lipinski definition) is 4. The summed E-state index contributed by atoms with van der Waals surface area (Å²) in [4.78, 5) is 13.0. The van der Waals surface area contributed by atoms with E-state index in [2.05, 4.69) is 5.32 Å². The van der Waals surface area contributed by atoms with E-state index in [0.717, 1.165) is 29.7 Å². The SMILES string of the molecule is CCOc1ccc([C@@H](C)NC(=O)c2cc(S(=O)(=O)N3CCCC3)ccc2C)cc1. The maximum Gasteiger partial charge on any atom is 0.252 e. The normalized spacial score (nSPS) is 15.8. The van der Waals surface area contributed by atoms with Gasteiger partial charge in [-0.25, -0.2) is 8.42 Å². The van der Waals surface area contributed by atoms with E-state index in [1.807, 2.05) is 45.0 Å². The van der Waals surface area contributed by atoms with Crippen LogP contribution in [0.2, 0.25) is 0 Å². The lowest BCUT2D eigenvalue weighted by Gasteiger charge is -2.18. The minimum absolute atomic E-state index is 0.170. The Morgan fingerprint density at radius 2 is 1.79 bits per heavy atom. The highest BCUT2D eigenvalue weighted by molar-refractivity contribution is 7.89. The molecule has 0 saturated carbocycles. The number of nitrogens with one attached hydrogen (secondary N) is 1. The molecule has 0 spiro atoms. The lowest BCUT2D eigenvalue weighted by atomic mass is 10.1. The van der Waals surface area contributed by atoms with Crippen molar-refractivity contribution in [3.63, 3.8) is 0 Å². The summed E-state index contributed by atoms with van der Waals surface area (Å²) in [5.41, 5.74) is 2.06. The Hall–Kier alpha value is -2.38. The summed E-state index contributed by atoms with van der Waals surface area (Å²) >= 11 is 0. The van der Waals surface area contributed by atoms with E-state index in [0.29, 0.717) is 25.3 Å². The van der Waals surface area contributed by atoms with Crippen LogP contribution in [0.1, 0.15) is 54.2 Å². The summed E-state index contributed by atoms with van der Waals surface area (Å²) in [6.45, 7) is 7.30. The maximum absolute atomic E-state index is 12.9. The van der Waals surface area contributed by atoms with Crippen molar-refractivity contribution in [1.82, 2.24) is 9.62 Å². The van der Waals surface area contributed by atoms with E-state index >= 15 is 0 Å². The number of benzene rings is 2. The minimum Gasteiger partial charge on any atom is -0.494 e. The second-order valence-corrected chi connectivity index (χ2v) is 9.22. The van der Waals surface area contributed by atoms with Crippen LogP contribution in [0.3, 0.4) is 0 Å². The summed E-state index contributed by atoms with van der Waals surface area (Å²) in [5, 5.41) is 2.96. The Morgan fingerprint density at radius 3 is 2.41 bits per heavy atom. The van der Waals surface area contributed by atoms with Gasteiger partial charge in [0, 0.05) is 18.7 Å². The average molecular weight is 417 g/mol. The first kappa shape index (κ1) is 21.3. The molecule has 2 aromatic carbocycles. The lowest BCUT2D eigenvalue weighted by Crippen LogP contribution is -2.29. The molecule has 1 N–H and O–H groups in total. The molecule has 1 saturated heterocycles. The minimum atomic E-state index is -3.56. The number of ether oxygens (including phenoxy) is 1. The van der Waals surface area contributed by atoms with Crippen LogP contribution >= 0.6 is 0 Å². The number of amides is 1. The van der Waals surface area contributed by atoms with E-state index in [-0.39, 0.29) is 16.8 Å². The molecule has 0 radical (unpaired) electrons. The van der Waals surface area contributed by atoms with Crippen LogP contribution in [-0.2, 0) is 10.0 Å². The number of rotatable bonds is 7. The number of nitrogens with zero attached hydrogens (tertiary/aromatic N) is 1. The number of carbonyl (C=O) groups excluding carboxylic acids is 1. The van der Waals surface area contributed by atoms with Gasteiger partial charge in [0.15, 0.2) is 0 Å². The van der Waals surface area contributed by atoms with Crippen LogP contribution in [0.15, 0.2) is 47.4 Å². The molecule has 0 aliphatic carbocycles. The van der Waals surface area contributed by atoms with Gasteiger partial charge in [0.2, 0.25) is 10.0 Å². The summed E-state index contributed by atoms with van der Waals surface area (Å²) in [5.74, 6) is 0.493.